The molecule has 9 nitrogen and oxygen atoms in total. The number of cyclic esters (lactones) is 1. The Morgan fingerprint density at radius 3 is 2.82 bits per heavy atom. The second kappa shape index (κ2) is 6.64. The van der Waals surface area contributed by atoms with Crippen molar-refractivity contribution in [3.8, 4) is 11.4 Å². The molecule has 1 aliphatic carbocycles. The van der Waals surface area contributed by atoms with E-state index >= 15 is 0 Å². The summed E-state index contributed by atoms with van der Waals surface area (Å²) >= 11 is 0. The topological polar surface area (TPSA) is 143 Å². The summed E-state index contributed by atoms with van der Waals surface area (Å²) < 4.78 is 6.82. The molecule has 1 atom stereocenters. The number of carbonyl (C=O) groups excluding carboxylic acids is 1. The van der Waals surface area contributed by atoms with E-state index < -0.39 is 11.6 Å². The number of aliphatic hydroxyl groups is 1. The Hall–Kier alpha value is -3.72. The molecule has 0 spiro atoms. The van der Waals surface area contributed by atoms with Gasteiger partial charge in [0.05, 0.1) is 29.0 Å². The number of ether oxygens (including phenoxy) is 1. The summed E-state index contributed by atoms with van der Waals surface area (Å²) in [4.78, 5) is 30.7. The lowest BCUT2D eigenvalue weighted by Crippen LogP contribution is -2.44. The zero-order chi connectivity index (χ0) is 23.1. The minimum Gasteiger partial charge on any atom is -0.458 e. The van der Waals surface area contributed by atoms with Gasteiger partial charge in [0, 0.05) is 22.2 Å². The third-order valence-electron chi connectivity index (χ3n) is 7.20. The largest absolute Gasteiger partial charge is 0.458 e. The first-order valence-corrected chi connectivity index (χ1v) is 11.1. The number of benzene rings is 1. The van der Waals surface area contributed by atoms with E-state index in [0.29, 0.717) is 23.4 Å². The quantitative estimate of drug-likeness (QED) is 0.209. The first-order valence-electron chi connectivity index (χ1n) is 11.1. The standard InChI is InChI=1S/C24H23N5O4/c1-2-24(32)15-8-18-20-13(9-29(18)21(30)14(15)10-33-22(24)31)11-4-3-5-12-16(28-23(25)26)6-7-17(27-20)19(11)12/h6-8,32H,2-5,9-10H2,1H3,(H4,25,26,28). The molecule has 2 aromatic heterocycles. The lowest BCUT2D eigenvalue weighted by atomic mass is 9.85. The maximum absolute atomic E-state index is 13.4. The van der Waals surface area contributed by atoms with Crippen LogP contribution in [0.2, 0.25) is 0 Å². The second-order valence-electron chi connectivity index (χ2n) is 8.90. The predicted octanol–water partition coefficient (Wildman–Crippen LogP) is 1.87. The Bertz CT molecular complexity index is 1470. The molecule has 3 aromatic rings. The number of nitrogens with zero attached hydrogens (tertiary/aromatic N) is 2. The van der Waals surface area contributed by atoms with Gasteiger partial charge in [-0.05, 0) is 55.0 Å². The number of pyridine rings is 2. The van der Waals surface area contributed by atoms with Crippen LogP contribution in [0.3, 0.4) is 0 Å². The Labute approximate surface area is 188 Å². The molecule has 0 saturated heterocycles. The van der Waals surface area contributed by atoms with Crippen molar-refractivity contribution in [2.24, 2.45) is 5.73 Å². The van der Waals surface area contributed by atoms with Crippen LogP contribution in [0.5, 0.6) is 0 Å². The molecule has 4 heterocycles. The molecule has 2 aliphatic heterocycles. The molecular weight excluding hydrogens is 422 g/mol. The highest BCUT2D eigenvalue weighted by molar-refractivity contribution is 5.99. The van der Waals surface area contributed by atoms with Crippen LogP contribution in [0.1, 0.15) is 47.6 Å². The van der Waals surface area contributed by atoms with Crippen molar-refractivity contribution < 1.29 is 14.6 Å². The molecule has 0 amide bonds. The third-order valence-corrected chi connectivity index (χ3v) is 7.20. The van der Waals surface area contributed by atoms with E-state index in [1.807, 2.05) is 12.1 Å². The molecule has 9 heteroatoms. The number of aryl methyl sites for hydroxylation is 2. The Morgan fingerprint density at radius 1 is 1.27 bits per heavy atom. The first kappa shape index (κ1) is 19.9. The van der Waals surface area contributed by atoms with Gasteiger partial charge in [0.1, 0.15) is 6.61 Å². The first-order chi connectivity index (χ1) is 15.8. The van der Waals surface area contributed by atoms with Gasteiger partial charge in [-0.2, -0.15) is 0 Å². The van der Waals surface area contributed by atoms with E-state index in [-0.39, 0.29) is 24.5 Å². The van der Waals surface area contributed by atoms with Crippen LogP contribution in [0.4, 0.5) is 5.69 Å². The van der Waals surface area contributed by atoms with Gasteiger partial charge < -0.3 is 25.5 Å². The maximum Gasteiger partial charge on any atom is 0.343 e. The number of esters is 1. The molecule has 0 bridgehead atoms. The highest BCUT2D eigenvalue weighted by Gasteiger charge is 2.45. The van der Waals surface area contributed by atoms with Crippen LogP contribution in [0, 0.1) is 5.41 Å². The SMILES string of the molecule is CCC1(O)C(=O)OCc2c1cc1n(c2=O)Cc2c-1nc1ccc(NC(=N)N)c3c1c2CCC3. The normalized spacial score (nSPS) is 20.1. The van der Waals surface area contributed by atoms with Crippen LogP contribution >= 0.6 is 0 Å². The number of guanidine groups is 1. The Balaban J connectivity index is 1.62. The van der Waals surface area contributed by atoms with Crippen LogP contribution in [-0.4, -0.2) is 26.6 Å². The van der Waals surface area contributed by atoms with E-state index in [1.165, 1.54) is 0 Å². The van der Waals surface area contributed by atoms with Crippen molar-refractivity contribution in [3.05, 3.63) is 56.4 Å². The average molecular weight is 445 g/mol. The van der Waals surface area contributed by atoms with E-state index in [1.54, 1.807) is 17.6 Å². The van der Waals surface area contributed by atoms with Crippen molar-refractivity contribution in [2.45, 2.75) is 51.4 Å². The van der Waals surface area contributed by atoms with Crippen LogP contribution in [-0.2, 0) is 41.1 Å². The molecule has 168 valence electrons. The number of hydrogen-bond donors (Lipinski definition) is 4. The minimum atomic E-state index is -1.84. The molecular formula is C24H23N5O4. The van der Waals surface area contributed by atoms with Crippen molar-refractivity contribution in [3.63, 3.8) is 0 Å². The summed E-state index contributed by atoms with van der Waals surface area (Å²) in [5.74, 6) is -0.840. The number of nitrogens with one attached hydrogen (secondary N) is 2. The number of hydrogen-bond acceptors (Lipinski definition) is 6. The van der Waals surface area contributed by atoms with E-state index in [0.717, 1.165) is 58.2 Å². The fourth-order valence-electron chi connectivity index (χ4n) is 5.58. The molecule has 0 saturated carbocycles. The van der Waals surface area contributed by atoms with Gasteiger partial charge in [-0.15, -0.1) is 0 Å². The van der Waals surface area contributed by atoms with Crippen LogP contribution < -0.4 is 16.6 Å². The maximum atomic E-state index is 13.4. The molecule has 3 aliphatic rings. The summed E-state index contributed by atoms with van der Waals surface area (Å²) in [6, 6.07) is 5.53. The van der Waals surface area contributed by atoms with Gasteiger partial charge in [-0.1, -0.05) is 6.92 Å². The summed E-state index contributed by atoms with van der Waals surface area (Å²) in [6.45, 7) is 1.94. The van der Waals surface area contributed by atoms with Crippen LogP contribution in [0.25, 0.3) is 22.3 Å². The molecule has 0 radical (unpaired) electrons. The van der Waals surface area contributed by atoms with Gasteiger partial charge in [-0.3, -0.25) is 10.2 Å². The number of carbonyl (C=O) groups is 1. The zero-order valence-corrected chi connectivity index (χ0v) is 18.1. The minimum absolute atomic E-state index is 0.111. The highest BCUT2D eigenvalue weighted by Crippen LogP contribution is 2.43. The Kier molecular flexibility index (Phi) is 4.01. The smallest absolute Gasteiger partial charge is 0.343 e. The number of fused-ring (bicyclic) bond motifs is 5. The lowest BCUT2D eigenvalue weighted by molar-refractivity contribution is -0.172. The van der Waals surface area contributed by atoms with Gasteiger partial charge >= 0.3 is 5.97 Å². The molecule has 6 rings (SSSR count). The highest BCUT2D eigenvalue weighted by atomic mass is 16.6. The number of anilines is 1. The fraction of sp³-hybridized carbons (Fsp3) is 0.333. The molecule has 0 fully saturated rings. The van der Waals surface area contributed by atoms with Gasteiger partial charge in [-0.25, -0.2) is 9.78 Å². The Morgan fingerprint density at radius 2 is 2.06 bits per heavy atom. The lowest BCUT2D eigenvalue weighted by Gasteiger charge is -2.31. The number of aromatic nitrogens is 2. The number of nitrogens with two attached hydrogens (primary N) is 1. The van der Waals surface area contributed by atoms with Crippen molar-refractivity contribution in [2.75, 3.05) is 5.32 Å². The predicted molar refractivity (Wildman–Crippen MR) is 122 cm³/mol. The fourth-order valence-corrected chi connectivity index (χ4v) is 5.58. The van der Waals surface area contributed by atoms with E-state index in [9.17, 15) is 14.7 Å². The number of rotatable bonds is 2. The van der Waals surface area contributed by atoms with Gasteiger partial charge in [0.2, 0.25) is 0 Å². The molecule has 1 aromatic carbocycles. The molecule has 1 unspecified atom stereocenters. The van der Waals surface area contributed by atoms with Gasteiger partial charge in [0.25, 0.3) is 5.56 Å². The summed E-state index contributed by atoms with van der Waals surface area (Å²) in [5.41, 5.74) is 10.3. The van der Waals surface area contributed by atoms with Crippen LogP contribution in [0.15, 0.2) is 23.0 Å². The van der Waals surface area contributed by atoms with Crippen molar-refractivity contribution in [1.29, 1.82) is 5.41 Å². The van der Waals surface area contributed by atoms with Gasteiger partial charge in [0.15, 0.2) is 11.6 Å². The van der Waals surface area contributed by atoms with E-state index in [4.69, 9.17) is 20.9 Å². The summed E-state index contributed by atoms with van der Waals surface area (Å²) in [6.07, 6.45) is 2.76. The summed E-state index contributed by atoms with van der Waals surface area (Å²) in [7, 11) is 0. The average Bonchev–Trinajstić information content (AvgIpc) is 3.17. The molecule has 33 heavy (non-hydrogen) atoms. The second-order valence-corrected chi connectivity index (χ2v) is 8.90. The van der Waals surface area contributed by atoms with Crippen molar-refractivity contribution in [1.82, 2.24) is 9.55 Å². The monoisotopic (exact) mass is 445 g/mol. The zero-order valence-electron chi connectivity index (χ0n) is 18.1. The van der Waals surface area contributed by atoms with E-state index in [2.05, 4.69) is 5.32 Å². The third kappa shape index (κ3) is 2.56. The molecule has 5 N–H and O–H groups in total. The summed E-state index contributed by atoms with van der Waals surface area (Å²) in [5, 5.41) is 22.7. The van der Waals surface area contributed by atoms with Crippen molar-refractivity contribution >= 4 is 28.5 Å².